The SMILES string of the molecule is Cc1nonc1C(=O)N1CC[C@]2(CCCN(Cc3ccc(C(C)C)cc3)C2)C1. The lowest BCUT2D eigenvalue weighted by Gasteiger charge is -2.40. The Bertz CT molecular complexity index is 829. The molecule has 0 unspecified atom stereocenters. The van der Waals surface area contributed by atoms with Crippen molar-refractivity contribution in [3.8, 4) is 0 Å². The van der Waals surface area contributed by atoms with E-state index < -0.39 is 0 Å². The highest BCUT2D eigenvalue weighted by Crippen LogP contribution is 2.39. The largest absolute Gasteiger partial charge is 0.337 e. The third-order valence-corrected chi connectivity index (χ3v) is 6.37. The van der Waals surface area contributed by atoms with Gasteiger partial charge in [-0.3, -0.25) is 9.69 Å². The first kappa shape index (κ1) is 19.1. The number of likely N-dealkylation sites (tertiary alicyclic amines) is 2. The molecule has 4 rings (SSSR count). The zero-order chi connectivity index (χ0) is 19.7. The topological polar surface area (TPSA) is 62.5 Å². The van der Waals surface area contributed by atoms with Crippen LogP contribution in [0.15, 0.2) is 28.9 Å². The van der Waals surface area contributed by atoms with Crippen LogP contribution in [0.4, 0.5) is 0 Å². The Labute approximate surface area is 166 Å². The van der Waals surface area contributed by atoms with E-state index in [1.807, 2.05) is 4.90 Å². The second-order valence-electron chi connectivity index (χ2n) is 8.89. The molecule has 1 atom stereocenters. The summed E-state index contributed by atoms with van der Waals surface area (Å²) in [6, 6.07) is 9.04. The van der Waals surface area contributed by atoms with Gasteiger partial charge in [-0.15, -0.1) is 0 Å². The molecule has 1 aromatic carbocycles. The third kappa shape index (κ3) is 3.83. The first-order chi connectivity index (χ1) is 13.5. The molecule has 0 bridgehead atoms. The molecule has 2 saturated heterocycles. The van der Waals surface area contributed by atoms with Crippen molar-refractivity contribution in [2.75, 3.05) is 26.2 Å². The Balaban J connectivity index is 1.39. The van der Waals surface area contributed by atoms with E-state index in [-0.39, 0.29) is 11.3 Å². The van der Waals surface area contributed by atoms with Gasteiger partial charge in [-0.25, -0.2) is 4.63 Å². The molecule has 0 aliphatic carbocycles. The van der Waals surface area contributed by atoms with Gasteiger partial charge in [0.2, 0.25) is 0 Å². The van der Waals surface area contributed by atoms with E-state index in [0.717, 1.165) is 39.1 Å². The number of hydrogen-bond donors (Lipinski definition) is 0. The highest BCUT2D eigenvalue weighted by atomic mass is 16.6. The van der Waals surface area contributed by atoms with Crippen molar-refractivity contribution in [2.24, 2.45) is 5.41 Å². The lowest BCUT2D eigenvalue weighted by Crippen LogP contribution is -2.45. The van der Waals surface area contributed by atoms with Crippen LogP contribution in [0.1, 0.15) is 66.3 Å². The van der Waals surface area contributed by atoms with Crippen molar-refractivity contribution < 1.29 is 9.42 Å². The molecule has 2 aliphatic rings. The van der Waals surface area contributed by atoms with E-state index >= 15 is 0 Å². The van der Waals surface area contributed by atoms with Crippen LogP contribution in [0.25, 0.3) is 0 Å². The van der Waals surface area contributed by atoms with E-state index in [1.165, 1.54) is 24.0 Å². The average Bonchev–Trinajstić information content (AvgIpc) is 3.28. The first-order valence-electron chi connectivity index (χ1n) is 10.4. The fraction of sp³-hybridized carbons (Fsp3) is 0.591. The predicted octanol–water partition coefficient (Wildman–Crippen LogP) is 3.63. The maximum absolute atomic E-state index is 12.8. The summed E-state index contributed by atoms with van der Waals surface area (Å²) in [7, 11) is 0. The van der Waals surface area contributed by atoms with Crippen molar-refractivity contribution in [1.82, 2.24) is 20.1 Å². The number of carbonyl (C=O) groups is 1. The molecule has 2 aromatic rings. The van der Waals surface area contributed by atoms with Crippen LogP contribution >= 0.6 is 0 Å². The Morgan fingerprint density at radius 2 is 1.93 bits per heavy atom. The molecular weight excluding hydrogens is 352 g/mol. The first-order valence-corrected chi connectivity index (χ1v) is 10.4. The Morgan fingerprint density at radius 3 is 2.61 bits per heavy atom. The number of aromatic nitrogens is 2. The van der Waals surface area contributed by atoms with Crippen LogP contribution in [-0.4, -0.2) is 52.2 Å². The molecule has 1 spiro atoms. The number of rotatable bonds is 4. The Hall–Kier alpha value is -2.21. The molecule has 2 aliphatic heterocycles. The van der Waals surface area contributed by atoms with Gasteiger partial charge in [-0.1, -0.05) is 43.3 Å². The van der Waals surface area contributed by atoms with Crippen LogP contribution in [0.5, 0.6) is 0 Å². The number of piperidine rings is 1. The third-order valence-electron chi connectivity index (χ3n) is 6.37. The zero-order valence-electron chi connectivity index (χ0n) is 17.1. The van der Waals surface area contributed by atoms with Gasteiger partial charge in [0, 0.05) is 31.6 Å². The zero-order valence-corrected chi connectivity index (χ0v) is 17.1. The van der Waals surface area contributed by atoms with Gasteiger partial charge in [0.15, 0.2) is 5.69 Å². The molecule has 3 heterocycles. The van der Waals surface area contributed by atoms with Gasteiger partial charge >= 0.3 is 0 Å². The molecule has 150 valence electrons. The minimum Gasteiger partial charge on any atom is -0.337 e. The fourth-order valence-electron chi connectivity index (χ4n) is 4.73. The molecular formula is C22H30N4O2. The highest BCUT2D eigenvalue weighted by Gasteiger charge is 2.43. The maximum Gasteiger partial charge on any atom is 0.278 e. The summed E-state index contributed by atoms with van der Waals surface area (Å²) in [6.45, 7) is 11.0. The van der Waals surface area contributed by atoms with E-state index in [9.17, 15) is 4.79 Å². The van der Waals surface area contributed by atoms with Gasteiger partial charge in [-0.2, -0.15) is 0 Å². The summed E-state index contributed by atoms with van der Waals surface area (Å²) in [6.07, 6.45) is 3.44. The number of benzene rings is 1. The molecule has 0 radical (unpaired) electrons. The number of aryl methyl sites for hydroxylation is 1. The molecule has 28 heavy (non-hydrogen) atoms. The number of nitrogens with zero attached hydrogens (tertiary/aromatic N) is 4. The Morgan fingerprint density at radius 1 is 1.14 bits per heavy atom. The maximum atomic E-state index is 12.8. The second kappa shape index (κ2) is 7.66. The molecule has 1 amide bonds. The van der Waals surface area contributed by atoms with Crippen LogP contribution in [0, 0.1) is 12.3 Å². The van der Waals surface area contributed by atoms with Crippen LogP contribution in [0.3, 0.4) is 0 Å². The monoisotopic (exact) mass is 382 g/mol. The van der Waals surface area contributed by atoms with Crippen molar-refractivity contribution in [3.05, 3.63) is 46.8 Å². The average molecular weight is 383 g/mol. The lowest BCUT2D eigenvalue weighted by molar-refractivity contribution is 0.0666. The minimum atomic E-state index is -0.0444. The quantitative estimate of drug-likeness (QED) is 0.808. The summed E-state index contributed by atoms with van der Waals surface area (Å²) in [5.41, 5.74) is 3.89. The summed E-state index contributed by atoms with van der Waals surface area (Å²) < 4.78 is 4.71. The molecule has 1 aromatic heterocycles. The van der Waals surface area contributed by atoms with Gasteiger partial charge in [0.05, 0.1) is 0 Å². The number of hydrogen-bond acceptors (Lipinski definition) is 5. The minimum absolute atomic E-state index is 0.0444. The van der Waals surface area contributed by atoms with Gasteiger partial charge in [0.1, 0.15) is 5.69 Å². The van der Waals surface area contributed by atoms with Crippen molar-refractivity contribution >= 4 is 5.91 Å². The summed E-state index contributed by atoms with van der Waals surface area (Å²) in [4.78, 5) is 17.3. The van der Waals surface area contributed by atoms with Crippen LogP contribution in [-0.2, 0) is 6.54 Å². The number of amides is 1. The van der Waals surface area contributed by atoms with Gasteiger partial charge < -0.3 is 4.90 Å². The molecule has 0 N–H and O–H groups in total. The van der Waals surface area contributed by atoms with Gasteiger partial charge in [0.25, 0.3) is 5.91 Å². The van der Waals surface area contributed by atoms with E-state index in [2.05, 4.69) is 53.3 Å². The van der Waals surface area contributed by atoms with E-state index in [1.54, 1.807) is 6.92 Å². The molecule has 0 saturated carbocycles. The van der Waals surface area contributed by atoms with Crippen molar-refractivity contribution in [2.45, 2.75) is 52.5 Å². The van der Waals surface area contributed by atoms with Gasteiger partial charge in [-0.05, 0) is 54.9 Å². The van der Waals surface area contributed by atoms with Crippen molar-refractivity contribution in [1.29, 1.82) is 0 Å². The van der Waals surface area contributed by atoms with Crippen LogP contribution in [0.2, 0.25) is 0 Å². The highest BCUT2D eigenvalue weighted by molar-refractivity contribution is 5.93. The summed E-state index contributed by atoms with van der Waals surface area (Å²) in [5.74, 6) is 0.523. The smallest absolute Gasteiger partial charge is 0.278 e. The Kier molecular flexibility index (Phi) is 5.23. The lowest BCUT2D eigenvalue weighted by atomic mass is 9.79. The predicted molar refractivity (Wildman–Crippen MR) is 107 cm³/mol. The summed E-state index contributed by atoms with van der Waals surface area (Å²) >= 11 is 0. The van der Waals surface area contributed by atoms with Crippen molar-refractivity contribution in [3.63, 3.8) is 0 Å². The number of carbonyl (C=O) groups excluding carboxylic acids is 1. The molecule has 2 fully saturated rings. The normalized spacial score (nSPS) is 23.1. The van der Waals surface area contributed by atoms with E-state index in [4.69, 9.17) is 4.63 Å². The summed E-state index contributed by atoms with van der Waals surface area (Å²) in [5, 5.41) is 7.54. The standard InChI is InChI=1S/C22H30N4O2/c1-16(2)19-7-5-18(6-8-19)13-25-11-4-9-22(14-25)10-12-26(15-22)21(27)20-17(3)23-28-24-20/h5-8,16H,4,9-15H2,1-3H3/t22-/m0/s1. The fourth-order valence-corrected chi connectivity index (χ4v) is 4.73. The molecule has 6 nitrogen and oxygen atoms in total. The second-order valence-corrected chi connectivity index (χ2v) is 8.89. The van der Waals surface area contributed by atoms with Crippen LogP contribution < -0.4 is 0 Å². The molecule has 6 heteroatoms. The van der Waals surface area contributed by atoms with E-state index in [0.29, 0.717) is 17.3 Å².